The molecule has 1 atom stereocenters. The second kappa shape index (κ2) is 11.7. The fourth-order valence-electron chi connectivity index (χ4n) is 4.32. The first-order valence-corrected chi connectivity index (χ1v) is 12.4. The van der Waals surface area contributed by atoms with Crippen LogP contribution in [0.4, 0.5) is 10.5 Å². The molecule has 184 valence electrons. The molecule has 2 amide bonds. The number of urea groups is 1. The standard InChI is InChI=1S/C26H28Cl2N4O3/c27-22-7-6-20(16-23(22)28)30-26(35)32-12-10-31(11-13-32)9-8-29-17-21-24(33)14-19(15-25(21)34)18-4-2-1-3-5-18/h1-7,16-17,19,33H,8-15H2,(H,30,35). The maximum absolute atomic E-state index is 12.6. The van der Waals surface area contributed by atoms with Crippen molar-refractivity contribution >= 4 is 46.9 Å². The van der Waals surface area contributed by atoms with E-state index >= 15 is 0 Å². The third kappa shape index (κ3) is 6.63. The molecule has 1 fully saturated rings. The van der Waals surface area contributed by atoms with Crippen LogP contribution in [0.3, 0.4) is 0 Å². The summed E-state index contributed by atoms with van der Waals surface area (Å²) >= 11 is 11.9. The van der Waals surface area contributed by atoms with E-state index in [1.165, 1.54) is 6.21 Å². The van der Waals surface area contributed by atoms with E-state index < -0.39 is 0 Å². The lowest BCUT2D eigenvalue weighted by Crippen LogP contribution is -2.50. The Labute approximate surface area is 215 Å². The first kappa shape index (κ1) is 25.2. The summed E-state index contributed by atoms with van der Waals surface area (Å²) < 4.78 is 0. The SMILES string of the molecule is O=C1CC(c2ccccc2)CC(O)=C1C=NCCN1CCN(C(=O)Nc2ccc(Cl)c(Cl)c2)CC1. The highest BCUT2D eigenvalue weighted by Gasteiger charge is 2.27. The summed E-state index contributed by atoms with van der Waals surface area (Å²) in [4.78, 5) is 33.5. The van der Waals surface area contributed by atoms with Crippen LogP contribution >= 0.6 is 23.2 Å². The summed E-state index contributed by atoms with van der Waals surface area (Å²) in [5.41, 5.74) is 1.99. The molecular weight excluding hydrogens is 487 g/mol. The number of aliphatic hydroxyl groups excluding tert-OH is 1. The number of carbonyl (C=O) groups excluding carboxylic acids is 2. The molecule has 0 saturated carbocycles. The van der Waals surface area contributed by atoms with Crippen molar-refractivity contribution in [3.63, 3.8) is 0 Å². The minimum absolute atomic E-state index is 0.00558. The highest BCUT2D eigenvalue weighted by Crippen LogP contribution is 2.32. The molecule has 1 heterocycles. The second-order valence-corrected chi connectivity index (χ2v) is 9.54. The molecule has 2 aliphatic rings. The van der Waals surface area contributed by atoms with E-state index in [0.29, 0.717) is 60.3 Å². The van der Waals surface area contributed by atoms with E-state index in [2.05, 4.69) is 15.2 Å². The Morgan fingerprint density at radius 1 is 1.06 bits per heavy atom. The average molecular weight is 515 g/mol. The van der Waals surface area contributed by atoms with Gasteiger partial charge in [0, 0.05) is 57.5 Å². The predicted octanol–water partition coefficient (Wildman–Crippen LogP) is 5.17. The monoisotopic (exact) mass is 514 g/mol. The zero-order valence-electron chi connectivity index (χ0n) is 19.3. The number of ketones is 1. The van der Waals surface area contributed by atoms with Crippen molar-refractivity contribution in [2.24, 2.45) is 4.99 Å². The van der Waals surface area contributed by atoms with Gasteiger partial charge in [0.25, 0.3) is 0 Å². The van der Waals surface area contributed by atoms with Gasteiger partial charge in [0.1, 0.15) is 5.76 Å². The number of benzene rings is 2. The predicted molar refractivity (Wildman–Crippen MR) is 140 cm³/mol. The number of Topliss-reactive ketones (excluding diaryl/α,β-unsaturated/α-hetero) is 1. The molecule has 0 bridgehead atoms. The van der Waals surface area contributed by atoms with Gasteiger partial charge in [-0.3, -0.25) is 14.7 Å². The van der Waals surface area contributed by atoms with E-state index in [4.69, 9.17) is 23.2 Å². The van der Waals surface area contributed by atoms with Gasteiger partial charge in [-0.2, -0.15) is 0 Å². The van der Waals surface area contributed by atoms with Crippen LogP contribution in [0.1, 0.15) is 24.3 Å². The van der Waals surface area contributed by atoms with E-state index in [0.717, 1.165) is 18.7 Å². The van der Waals surface area contributed by atoms with Gasteiger partial charge < -0.3 is 15.3 Å². The smallest absolute Gasteiger partial charge is 0.321 e. The molecule has 2 N–H and O–H groups in total. The number of piperazine rings is 1. The zero-order valence-corrected chi connectivity index (χ0v) is 20.8. The Morgan fingerprint density at radius 3 is 2.49 bits per heavy atom. The Kier molecular flexibility index (Phi) is 8.44. The van der Waals surface area contributed by atoms with Crippen LogP contribution in [0.2, 0.25) is 10.0 Å². The van der Waals surface area contributed by atoms with E-state index in [9.17, 15) is 14.7 Å². The molecule has 4 rings (SSSR count). The number of nitrogens with one attached hydrogen (secondary N) is 1. The molecular formula is C26H28Cl2N4O3. The maximum Gasteiger partial charge on any atom is 0.321 e. The van der Waals surface area contributed by atoms with Gasteiger partial charge in [-0.1, -0.05) is 53.5 Å². The van der Waals surface area contributed by atoms with Crippen molar-refractivity contribution in [1.29, 1.82) is 0 Å². The number of anilines is 1. The first-order valence-electron chi connectivity index (χ1n) is 11.6. The summed E-state index contributed by atoms with van der Waals surface area (Å²) in [5, 5.41) is 14.1. The normalized spacial score (nSPS) is 19.4. The van der Waals surface area contributed by atoms with Crippen LogP contribution in [-0.2, 0) is 4.79 Å². The molecule has 0 aromatic heterocycles. The van der Waals surface area contributed by atoms with Crippen molar-refractivity contribution in [2.75, 3.05) is 44.6 Å². The molecule has 1 saturated heterocycles. The van der Waals surface area contributed by atoms with Gasteiger partial charge >= 0.3 is 6.03 Å². The lowest BCUT2D eigenvalue weighted by molar-refractivity contribution is -0.116. The number of hydrogen-bond donors (Lipinski definition) is 2. The minimum atomic E-state index is -0.173. The number of amides is 2. The van der Waals surface area contributed by atoms with Crippen LogP contribution in [0.15, 0.2) is 64.9 Å². The highest BCUT2D eigenvalue weighted by molar-refractivity contribution is 6.42. The number of hydrogen-bond acceptors (Lipinski definition) is 5. The number of carbonyl (C=O) groups is 2. The van der Waals surface area contributed by atoms with Crippen molar-refractivity contribution in [3.8, 4) is 0 Å². The van der Waals surface area contributed by atoms with E-state index in [1.54, 1.807) is 23.1 Å². The number of aliphatic hydroxyl groups is 1. The fourth-order valence-corrected chi connectivity index (χ4v) is 4.62. The molecule has 0 spiro atoms. The number of nitrogens with zero attached hydrogens (tertiary/aromatic N) is 3. The van der Waals surface area contributed by atoms with Gasteiger partial charge in [0.15, 0.2) is 5.78 Å². The Hall–Kier alpha value is -2.87. The Morgan fingerprint density at radius 2 is 1.80 bits per heavy atom. The van der Waals surface area contributed by atoms with E-state index in [-0.39, 0.29) is 23.5 Å². The molecule has 1 aliphatic heterocycles. The number of allylic oxidation sites excluding steroid dienone is 2. The molecule has 2 aromatic carbocycles. The average Bonchev–Trinajstić information content (AvgIpc) is 2.86. The minimum Gasteiger partial charge on any atom is -0.511 e. The van der Waals surface area contributed by atoms with Crippen LogP contribution in [0.25, 0.3) is 0 Å². The molecule has 9 heteroatoms. The molecule has 35 heavy (non-hydrogen) atoms. The molecule has 1 aliphatic carbocycles. The van der Waals surface area contributed by atoms with Crippen LogP contribution in [0, 0.1) is 0 Å². The third-order valence-electron chi connectivity index (χ3n) is 6.35. The van der Waals surface area contributed by atoms with Gasteiger partial charge in [-0.05, 0) is 29.7 Å². The van der Waals surface area contributed by atoms with E-state index in [1.807, 2.05) is 30.3 Å². The summed E-state index contributed by atoms with van der Waals surface area (Å²) in [5.74, 6) is 0.0411. The summed E-state index contributed by atoms with van der Waals surface area (Å²) in [7, 11) is 0. The topological polar surface area (TPSA) is 85.2 Å². The van der Waals surface area contributed by atoms with Crippen molar-refractivity contribution in [2.45, 2.75) is 18.8 Å². The maximum atomic E-state index is 12.6. The number of aliphatic imine (C=N–C) groups is 1. The number of halogens is 2. The fraction of sp³-hybridized carbons (Fsp3) is 0.346. The molecule has 7 nitrogen and oxygen atoms in total. The van der Waals surface area contributed by atoms with Crippen LogP contribution < -0.4 is 5.32 Å². The Bertz CT molecular complexity index is 1130. The van der Waals surface area contributed by atoms with Gasteiger partial charge in [0.2, 0.25) is 0 Å². The summed E-state index contributed by atoms with van der Waals surface area (Å²) in [6, 6.07) is 14.6. The summed E-state index contributed by atoms with van der Waals surface area (Å²) in [6.07, 6.45) is 2.34. The number of rotatable bonds is 6. The van der Waals surface area contributed by atoms with Gasteiger partial charge in [-0.25, -0.2) is 4.79 Å². The zero-order chi connectivity index (χ0) is 24.8. The van der Waals surface area contributed by atoms with Crippen molar-refractivity contribution < 1.29 is 14.7 Å². The lowest BCUT2D eigenvalue weighted by Gasteiger charge is -2.34. The second-order valence-electron chi connectivity index (χ2n) is 8.72. The summed E-state index contributed by atoms with van der Waals surface area (Å²) in [6.45, 7) is 3.89. The Balaban J connectivity index is 1.21. The van der Waals surface area contributed by atoms with Crippen molar-refractivity contribution in [1.82, 2.24) is 9.80 Å². The molecule has 1 unspecified atom stereocenters. The largest absolute Gasteiger partial charge is 0.511 e. The third-order valence-corrected chi connectivity index (χ3v) is 7.09. The first-order chi connectivity index (χ1) is 16.9. The lowest BCUT2D eigenvalue weighted by atomic mass is 9.83. The molecule has 2 aromatic rings. The highest BCUT2D eigenvalue weighted by atomic mass is 35.5. The van der Waals surface area contributed by atoms with Gasteiger partial charge in [-0.15, -0.1) is 0 Å². The van der Waals surface area contributed by atoms with Crippen LogP contribution in [-0.4, -0.2) is 72.2 Å². The van der Waals surface area contributed by atoms with Crippen molar-refractivity contribution in [3.05, 3.63) is 75.5 Å². The quantitative estimate of drug-likeness (QED) is 0.520. The van der Waals surface area contributed by atoms with Crippen LogP contribution in [0.5, 0.6) is 0 Å². The molecule has 0 radical (unpaired) electrons. The van der Waals surface area contributed by atoms with Gasteiger partial charge in [0.05, 0.1) is 22.2 Å².